The first-order valence-corrected chi connectivity index (χ1v) is 6.00. The first kappa shape index (κ1) is 15.8. The third-order valence-corrected chi connectivity index (χ3v) is 2.36. The molecule has 0 aliphatic carbocycles. The molecule has 98 valence electrons. The number of aliphatic hydroxyl groups is 1. The first-order chi connectivity index (χ1) is 7.62. The number of hydrogen-bond acceptors (Lipinski definition) is 4. The molecule has 4 heteroatoms. The van der Waals surface area contributed by atoms with Crippen LogP contribution < -0.4 is 5.32 Å². The van der Waals surface area contributed by atoms with E-state index in [9.17, 15) is 0 Å². The molecular formula is C12H27NO3. The molecule has 0 atom stereocenters. The Bertz CT molecular complexity index is 151. The normalized spacial score (nSPS) is 12.0. The molecule has 0 saturated heterocycles. The molecule has 0 unspecified atom stereocenters. The third-order valence-electron chi connectivity index (χ3n) is 2.36. The van der Waals surface area contributed by atoms with Gasteiger partial charge in [0.25, 0.3) is 0 Å². The van der Waals surface area contributed by atoms with Gasteiger partial charge in [0.15, 0.2) is 0 Å². The monoisotopic (exact) mass is 233 g/mol. The summed E-state index contributed by atoms with van der Waals surface area (Å²) in [7, 11) is 1.68. The molecule has 0 radical (unpaired) electrons. The van der Waals surface area contributed by atoms with Crippen molar-refractivity contribution in [2.24, 2.45) is 5.41 Å². The summed E-state index contributed by atoms with van der Waals surface area (Å²) in [6.45, 7) is 8.31. The maximum atomic E-state index is 9.05. The molecule has 0 aliphatic heterocycles. The molecule has 0 aromatic carbocycles. The van der Waals surface area contributed by atoms with E-state index in [1.165, 1.54) is 0 Å². The Morgan fingerprint density at radius 2 is 1.88 bits per heavy atom. The van der Waals surface area contributed by atoms with Crippen molar-refractivity contribution in [2.75, 3.05) is 46.6 Å². The van der Waals surface area contributed by atoms with E-state index in [1.54, 1.807) is 7.11 Å². The predicted octanol–water partition coefficient (Wildman–Crippen LogP) is 1.04. The SMILES string of the molecule is COCCOCCCCNCC(C)(C)CO. The van der Waals surface area contributed by atoms with Crippen LogP contribution in [0.2, 0.25) is 0 Å². The van der Waals surface area contributed by atoms with E-state index < -0.39 is 0 Å². The predicted molar refractivity (Wildman–Crippen MR) is 65.7 cm³/mol. The topological polar surface area (TPSA) is 50.7 Å². The van der Waals surface area contributed by atoms with E-state index in [0.29, 0.717) is 13.2 Å². The largest absolute Gasteiger partial charge is 0.396 e. The van der Waals surface area contributed by atoms with Crippen LogP contribution in [0.4, 0.5) is 0 Å². The summed E-state index contributed by atoms with van der Waals surface area (Å²) in [6, 6.07) is 0. The van der Waals surface area contributed by atoms with Crippen LogP contribution in [-0.2, 0) is 9.47 Å². The summed E-state index contributed by atoms with van der Waals surface area (Å²) in [5.74, 6) is 0. The summed E-state index contributed by atoms with van der Waals surface area (Å²) >= 11 is 0. The smallest absolute Gasteiger partial charge is 0.0700 e. The number of methoxy groups -OCH3 is 1. The van der Waals surface area contributed by atoms with Crippen molar-refractivity contribution < 1.29 is 14.6 Å². The minimum absolute atomic E-state index is 0.0189. The second kappa shape index (κ2) is 10.0. The van der Waals surface area contributed by atoms with Gasteiger partial charge in [-0.3, -0.25) is 0 Å². The van der Waals surface area contributed by atoms with Gasteiger partial charge in [-0.25, -0.2) is 0 Å². The van der Waals surface area contributed by atoms with Crippen molar-refractivity contribution in [3.63, 3.8) is 0 Å². The van der Waals surface area contributed by atoms with Crippen LogP contribution in [0.3, 0.4) is 0 Å². The molecule has 0 amide bonds. The van der Waals surface area contributed by atoms with E-state index >= 15 is 0 Å². The first-order valence-electron chi connectivity index (χ1n) is 6.00. The van der Waals surface area contributed by atoms with Crippen LogP contribution in [-0.4, -0.2) is 51.7 Å². The van der Waals surface area contributed by atoms with Gasteiger partial charge in [0.05, 0.1) is 13.2 Å². The summed E-state index contributed by atoms with van der Waals surface area (Å²) in [4.78, 5) is 0. The summed E-state index contributed by atoms with van der Waals surface area (Å²) in [5.41, 5.74) is -0.0189. The van der Waals surface area contributed by atoms with E-state index in [-0.39, 0.29) is 12.0 Å². The van der Waals surface area contributed by atoms with Crippen molar-refractivity contribution in [1.82, 2.24) is 5.32 Å². The van der Waals surface area contributed by atoms with Crippen LogP contribution >= 0.6 is 0 Å². The summed E-state index contributed by atoms with van der Waals surface area (Å²) in [5, 5.41) is 12.4. The Balaban J connectivity index is 3.10. The molecular weight excluding hydrogens is 206 g/mol. The second-order valence-electron chi connectivity index (χ2n) is 4.81. The molecule has 0 aliphatic rings. The van der Waals surface area contributed by atoms with Gasteiger partial charge < -0.3 is 19.9 Å². The molecule has 0 rings (SSSR count). The van der Waals surface area contributed by atoms with Crippen molar-refractivity contribution >= 4 is 0 Å². The number of ether oxygens (including phenoxy) is 2. The van der Waals surface area contributed by atoms with Crippen LogP contribution in [0.5, 0.6) is 0 Å². The number of aliphatic hydroxyl groups excluding tert-OH is 1. The fourth-order valence-corrected chi connectivity index (χ4v) is 1.18. The van der Waals surface area contributed by atoms with Crippen molar-refractivity contribution in [2.45, 2.75) is 26.7 Å². The van der Waals surface area contributed by atoms with Crippen LogP contribution in [0.1, 0.15) is 26.7 Å². The summed E-state index contributed by atoms with van der Waals surface area (Å²) in [6.07, 6.45) is 2.17. The van der Waals surface area contributed by atoms with E-state index in [1.807, 2.05) is 13.8 Å². The van der Waals surface area contributed by atoms with E-state index in [0.717, 1.165) is 32.5 Å². The fraction of sp³-hybridized carbons (Fsp3) is 1.00. The highest BCUT2D eigenvalue weighted by Crippen LogP contribution is 2.10. The molecule has 0 heterocycles. The Kier molecular flexibility index (Phi) is 9.92. The number of rotatable bonds is 11. The quantitative estimate of drug-likeness (QED) is 0.524. The van der Waals surface area contributed by atoms with Crippen molar-refractivity contribution in [1.29, 1.82) is 0 Å². The number of unbranched alkanes of at least 4 members (excludes halogenated alkanes) is 1. The zero-order valence-electron chi connectivity index (χ0n) is 10.9. The molecule has 16 heavy (non-hydrogen) atoms. The van der Waals surface area contributed by atoms with Gasteiger partial charge in [-0.15, -0.1) is 0 Å². The zero-order valence-corrected chi connectivity index (χ0v) is 10.9. The standard InChI is InChI=1S/C12H27NO3/c1-12(2,11-14)10-13-6-4-5-7-16-9-8-15-3/h13-14H,4-11H2,1-3H3. The number of nitrogens with one attached hydrogen (secondary N) is 1. The highest BCUT2D eigenvalue weighted by atomic mass is 16.5. The van der Waals surface area contributed by atoms with Crippen molar-refractivity contribution in [3.05, 3.63) is 0 Å². The average molecular weight is 233 g/mol. The maximum absolute atomic E-state index is 9.05. The highest BCUT2D eigenvalue weighted by molar-refractivity contribution is 4.69. The fourth-order valence-electron chi connectivity index (χ4n) is 1.18. The molecule has 0 aromatic heterocycles. The Hall–Kier alpha value is -0.160. The molecule has 0 aromatic rings. The van der Waals surface area contributed by atoms with Crippen molar-refractivity contribution in [3.8, 4) is 0 Å². The van der Waals surface area contributed by atoms with Gasteiger partial charge >= 0.3 is 0 Å². The van der Waals surface area contributed by atoms with Crippen LogP contribution in [0, 0.1) is 5.41 Å². The average Bonchev–Trinajstić information content (AvgIpc) is 2.27. The maximum Gasteiger partial charge on any atom is 0.0700 e. The van der Waals surface area contributed by atoms with Gasteiger partial charge in [-0.05, 0) is 19.4 Å². The van der Waals surface area contributed by atoms with E-state index in [4.69, 9.17) is 14.6 Å². The molecule has 2 N–H and O–H groups in total. The van der Waals surface area contributed by atoms with Gasteiger partial charge in [0.2, 0.25) is 0 Å². The molecule has 0 spiro atoms. The second-order valence-corrected chi connectivity index (χ2v) is 4.81. The van der Waals surface area contributed by atoms with Crippen LogP contribution in [0.25, 0.3) is 0 Å². The van der Waals surface area contributed by atoms with E-state index in [2.05, 4.69) is 5.32 Å². The van der Waals surface area contributed by atoms with Gasteiger partial charge in [0.1, 0.15) is 0 Å². The molecule has 0 saturated carbocycles. The lowest BCUT2D eigenvalue weighted by atomic mass is 9.95. The minimum Gasteiger partial charge on any atom is -0.396 e. The third kappa shape index (κ3) is 10.4. The Labute approximate surface area is 99.3 Å². The summed E-state index contributed by atoms with van der Waals surface area (Å²) < 4.78 is 10.2. The Morgan fingerprint density at radius 3 is 2.50 bits per heavy atom. The minimum atomic E-state index is -0.0189. The Morgan fingerprint density at radius 1 is 1.12 bits per heavy atom. The zero-order chi connectivity index (χ0) is 12.3. The molecule has 0 fully saturated rings. The highest BCUT2D eigenvalue weighted by Gasteiger charge is 2.14. The van der Waals surface area contributed by atoms with Gasteiger partial charge in [0, 0.05) is 32.3 Å². The van der Waals surface area contributed by atoms with Gasteiger partial charge in [-0.1, -0.05) is 13.8 Å². The molecule has 0 bridgehead atoms. The lowest BCUT2D eigenvalue weighted by Crippen LogP contribution is -2.32. The van der Waals surface area contributed by atoms with Crippen LogP contribution in [0.15, 0.2) is 0 Å². The lowest BCUT2D eigenvalue weighted by Gasteiger charge is -2.21. The molecule has 4 nitrogen and oxygen atoms in total. The van der Waals surface area contributed by atoms with Gasteiger partial charge in [-0.2, -0.15) is 0 Å². The number of hydrogen-bond donors (Lipinski definition) is 2. The lowest BCUT2D eigenvalue weighted by molar-refractivity contribution is 0.0687.